The van der Waals surface area contributed by atoms with Gasteiger partial charge in [-0.3, -0.25) is 0 Å². The Morgan fingerprint density at radius 1 is 0.903 bits per heavy atom. The van der Waals surface area contributed by atoms with Gasteiger partial charge in [-0.05, 0) is 78.4 Å². The van der Waals surface area contributed by atoms with Crippen molar-refractivity contribution in [3.05, 3.63) is 93.5 Å². The molecule has 0 aromatic heterocycles. The highest BCUT2D eigenvalue weighted by molar-refractivity contribution is 9.10. The smallest absolute Gasteiger partial charge is 0.175 e. The van der Waals surface area contributed by atoms with Gasteiger partial charge in [-0.2, -0.15) is 0 Å². The minimum atomic E-state index is 0.423. The monoisotopic (exact) mass is 481 g/mol. The zero-order chi connectivity index (χ0) is 22.1. The minimum absolute atomic E-state index is 0.423. The third-order valence-corrected chi connectivity index (χ3v) is 5.83. The number of hydrogen-bond donors (Lipinski definition) is 1. The first-order chi connectivity index (χ1) is 15.0. The topological polar surface area (TPSA) is 30.5 Å². The highest BCUT2D eigenvalue weighted by atomic mass is 79.9. The molecule has 164 valence electrons. The Hall–Kier alpha value is -2.30. The van der Waals surface area contributed by atoms with Crippen LogP contribution in [-0.2, 0) is 19.6 Å². The van der Waals surface area contributed by atoms with Crippen molar-refractivity contribution in [2.24, 2.45) is 0 Å². The molecule has 4 heteroatoms. The van der Waals surface area contributed by atoms with Crippen LogP contribution in [0.4, 0.5) is 0 Å². The van der Waals surface area contributed by atoms with Crippen molar-refractivity contribution in [2.45, 2.75) is 52.8 Å². The summed E-state index contributed by atoms with van der Waals surface area (Å²) in [7, 11) is 0. The summed E-state index contributed by atoms with van der Waals surface area (Å²) in [5.41, 5.74) is 4.94. The molecule has 0 radical (unpaired) electrons. The lowest BCUT2D eigenvalue weighted by molar-refractivity contribution is 0.267. The number of benzene rings is 3. The van der Waals surface area contributed by atoms with Crippen LogP contribution in [0.15, 0.2) is 71.2 Å². The Balaban J connectivity index is 1.60. The van der Waals surface area contributed by atoms with Crippen molar-refractivity contribution in [2.75, 3.05) is 6.61 Å². The molecule has 3 aromatic carbocycles. The van der Waals surface area contributed by atoms with Crippen LogP contribution in [0.25, 0.3) is 0 Å². The molecule has 1 N–H and O–H groups in total. The molecular formula is C27H32BrNO2. The largest absolute Gasteiger partial charge is 0.490 e. The van der Waals surface area contributed by atoms with Gasteiger partial charge in [0.25, 0.3) is 0 Å². The zero-order valence-electron chi connectivity index (χ0n) is 18.7. The van der Waals surface area contributed by atoms with Crippen LogP contribution in [0.3, 0.4) is 0 Å². The molecule has 0 saturated heterocycles. The van der Waals surface area contributed by atoms with Crippen molar-refractivity contribution in [1.29, 1.82) is 0 Å². The maximum atomic E-state index is 6.12. The first-order valence-electron chi connectivity index (χ1n) is 11.0. The molecule has 1 unspecified atom stereocenters. The Kier molecular flexibility index (Phi) is 8.98. The van der Waals surface area contributed by atoms with Gasteiger partial charge in [-0.15, -0.1) is 0 Å². The SMILES string of the molecule is CCOc1cc(CNC(C)CCc2ccccc2)cc(Br)c1OCc1ccc(C)cc1. The molecule has 3 aromatic rings. The molecule has 3 nitrogen and oxygen atoms in total. The van der Waals surface area contributed by atoms with Crippen molar-refractivity contribution in [1.82, 2.24) is 5.32 Å². The Morgan fingerprint density at radius 3 is 2.35 bits per heavy atom. The van der Waals surface area contributed by atoms with E-state index in [2.05, 4.69) is 102 Å². The van der Waals surface area contributed by atoms with E-state index in [1.54, 1.807) is 0 Å². The summed E-state index contributed by atoms with van der Waals surface area (Å²) < 4.78 is 12.9. The van der Waals surface area contributed by atoms with Gasteiger partial charge in [0.1, 0.15) is 6.61 Å². The molecule has 3 rings (SSSR count). The van der Waals surface area contributed by atoms with Gasteiger partial charge in [0.15, 0.2) is 11.5 Å². The van der Waals surface area contributed by atoms with E-state index in [1.807, 2.05) is 6.92 Å². The van der Waals surface area contributed by atoms with Crippen LogP contribution < -0.4 is 14.8 Å². The summed E-state index contributed by atoms with van der Waals surface area (Å²) in [6, 6.07) is 23.7. The summed E-state index contributed by atoms with van der Waals surface area (Å²) >= 11 is 3.69. The zero-order valence-corrected chi connectivity index (χ0v) is 20.2. The fraction of sp³-hybridized carbons (Fsp3) is 0.333. The van der Waals surface area contributed by atoms with Crippen LogP contribution >= 0.6 is 15.9 Å². The van der Waals surface area contributed by atoms with Crippen molar-refractivity contribution in [3.8, 4) is 11.5 Å². The van der Waals surface area contributed by atoms with Gasteiger partial charge in [0.05, 0.1) is 11.1 Å². The second kappa shape index (κ2) is 11.9. The van der Waals surface area contributed by atoms with E-state index in [9.17, 15) is 0 Å². The van der Waals surface area contributed by atoms with Gasteiger partial charge in [0, 0.05) is 12.6 Å². The number of aryl methyl sites for hydroxylation is 2. The van der Waals surface area contributed by atoms with Crippen molar-refractivity contribution in [3.63, 3.8) is 0 Å². The predicted molar refractivity (Wildman–Crippen MR) is 132 cm³/mol. The fourth-order valence-corrected chi connectivity index (χ4v) is 3.99. The summed E-state index contributed by atoms with van der Waals surface area (Å²) in [6.45, 7) is 8.20. The number of hydrogen-bond acceptors (Lipinski definition) is 3. The highest BCUT2D eigenvalue weighted by Gasteiger charge is 2.13. The summed E-state index contributed by atoms with van der Waals surface area (Å²) in [5, 5.41) is 3.63. The van der Waals surface area contributed by atoms with E-state index < -0.39 is 0 Å². The quantitative estimate of drug-likeness (QED) is 0.324. The molecule has 31 heavy (non-hydrogen) atoms. The van der Waals surface area contributed by atoms with Gasteiger partial charge in [-0.1, -0.05) is 60.2 Å². The summed E-state index contributed by atoms with van der Waals surface area (Å²) in [4.78, 5) is 0. The normalized spacial score (nSPS) is 11.9. The first kappa shape index (κ1) is 23.4. The van der Waals surface area contributed by atoms with E-state index in [4.69, 9.17) is 9.47 Å². The van der Waals surface area contributed by atoms with Crippen LogP contribution in [-0.4, -0.2) is 12.6 Å². The standard InChI is InChI=1S/C27H32BrNO2/c1-4-30-26-17-24(18-29-21(3)12-15-22-8-6-5-7-9-22)16-25(28)27(26)31-19-23-13-10-20(2)11-14-23/h5-11,13-14,16-17,21,29H,4,12,15,18-19H2,1-3H3. The predicted octanol–water partition coefficient (Wildman–Crippen LogP) is 6.85. The molecule has 1 atom stereocenters. The lowest BCUT2D eigenvalue weighted by atomic mass is 10.1. The first-order valence-corrected chi connectivity index (χ1v) is 11.7. The average Bonchev–Trinajstić information content (AvgIpc) is 2.78. The van der Waals surface area contributed by atoms with Crippen molar-refractivity contribution >= 4 is 15.9 Å². The average molecular weight is 482 g/mol. The van der Waals surface area contributed by atoms with Crippen LogP contribution in [0.2, 0.25) is 0 Å². The third kappa shape index (κ3) is 7.41. The minimum Gasteiger partial charge on any atom is -0.490 e. The van der Waals surface area contributed by atoms with E-state index in [0.29, 0.717) is 19.3 Å². The van der Waals surface area contributed by atoms with Crippen molar-refractivity contribution < 1.29 is 9.47 Å². The van der Waals surface area contributed by atoms with Gasteiger partial charge in [0.2, 0.25) is 0 Å². The third-order valence-electron chi connectivity index (χ3n) is 5.24. The Bertz CT molecular complexity index is 941. The molecule has 0 saturated carbocycles. The molecular weight excluding hydrogens is 450 g/mol. The van der Waals surface area contributed by atoms with Crippen LogP contribution in [0, 0.1) is 6.92 Å². The van der Waals surface area contributed by atoms with Crippen LogP contribution in [0.5, 0.6) is 11.5 Å². The van der Waals surface area contributed by atoms with Crippen LogP contribution in [0.1, 0.15) is 42.5 Å². The van der Waals surface area contributed by atoms with Gasteiger partial charge in [-0.25, -0.2) is 0 Å². The molecule has 0 aliphatic heterocycles. The number of ether oxygens (including phenoxy) is 2. The molecule has 0 fully saturated rings. The van der Waals surface area contributed by atoms with Gasteiger partial charge < -0.3 is 14.8 Å². The summed E-state index contributed by atoms with van der Waals surface area (Å²) in [6.07, 6.45) is 2.18. The lowest BCUT2D eigenvalue weighted by Crippen LogP contribution is -2.26. The molecule has 0 heterocycles. The number of rotatable bonds is 11. The maximum Gasteiger partial charge on any atom is 0.175 e. The Labute approximate surface area is 194 Å². The number of nitrogens with one attached hydrogen (secondary N) is 1. The second-order valence-electron chi connectivity index (χ2n) is 7.92. The molecule has 0 amide bonds. The van der Waals surface area contributed by atoms with E-state index in [-0.39, 0.29) is 0 Å². The van der Waals surface area contributed by atoms with E-state index in [1.165, 1.54) is 16.7 Å². The molecule has 0 bridgehead atoms. The lowest BCUT2D eigenvalue weighted by Gasteiger charge is -2.18. The fourth-order valence-electron chi connectivity index (χ4n) is 3.39. The maximum absolute atomic E-state index is 6.12. The molecule has 0 aliphatic rings. The Morgan fingerprint density at radius 2 is 1.65 bits per heavy atom. The molecule has 0 spiro atoms. The molecule has 0 aliphatic carbocycles. The van der Waals surface area contributed by atoms with E-state index >= 15 is 0 Å². The number of halogens is 1. The summed E-state index contributed by atoms with van der Waals surface area (Å²) in [5.74, 6) is 1.53. The second-order valence-corrected chi connectivity index (χ2v) is 8.77. The highest BCUT2D eigenvalue weighted by Crippen LogP contribution is 2.37. The van der Waals surface area contributed by atoms with E-state index in [0.717, 1.165) is 40.9 Å². The van der Waals surface area contributed by atoms with Gasteiger partial charge >= 0.3 is 0 Å².